The summed E-state index contributed by atoms with van der Waals surface area (Å²) in [5.74, 6) is -1.31. The van der Waals surface area contributed by atoms with E-state index in [9.17, 15) is 18.0 Å². The molecule has 0 aliphatic carbocycles. The summed E-state index contributed by atoms with van der Waals surface area (Å²) >= 11 is 0. The highest BCUT2D eigenvalue weighted by atomic mass is 19.4. The fourth-order valence-corrected chi connectivity index (χ4v) is 3.34. The van der Waals surface area contributed by atoms with Crippen LogP contribution in [0.5, 0.6) is 5.75 Å². The van der Waals surface area contributed by atoms with Crippen LogP contribution in [0.1, 0.15) is 12.5 Å². The maximum absolute atomic E-state index is 12.0. The van der Waals surface area contributed by atoms with Gasteiger partial charge in [0.05, 0.1) is 11.7 Å². The first-order valence-electron chi connectivity index (χ1n) is 9.15. The third kappa shape index (κ3) is 4.42. The highest BCUT2D eigenvalue weighted by molar-refractivity contribution is 6.09. The van der Waals surface area contributed by atoms with E-state index in [1.165, 1.54) is 0 Å². The van der Waals surface area contributed by atoms with Gasteiger partial charge >= 0.3 is 12.1 Å². The Morgan fingerprint density at radius 1 is 1.37 bits per heavy atom. The van der Waals surface area contributed by atoms with Crippen molar-refractivity contribution in [3.63, 3.8) is 0 Å². The Hall–Kier alpha value is -3.02. The van der Waals surface area contributed by atoms with Crippen molar-refractivity contribution in [1.29, 1.82) is 0 Å². The summed E-state index contributed by atoms with van der Waals surface area (Å²) in [5.41, 5.74) is 5.68. The third-order valence-corrected chi connectivity index (χ3v) is 4.93. The SMILES string of the molecule is Cc1cc2c(cc1NC1CN(C)C1)N1C(=NNC(=O)C1C)CO2.O=C(O)C(F)(F)F. The molecule has 3 aliphatic rings. The molecular formula is C18H22F3N5O4. The van der Waals surface area contributed by atoms with E-state index in [0.717, 1.165) is 41.6 Å². The van der Waals surface area contributed by atoms with Gasteiger partial charge in [-0.2, -0.15) is 18.3 Å². The number of carboxylic acid groups (broad SMARTS) is 1. The van der Waals surface area contributed by atoms with E-state index < -0.39 is 12.1 Å². The molecule has 0 saturated carbocycles. The lowest BCUT2D eigenvalue weighted by molar-refractivity contribution is -0.192. The van der Waals surface area contributed by atoms with Crippen molar-refractivity contribution in [2.24, 2.45) is 5.10 Å². The van der Waals surface area contributed by atoms with Crippen LogP contribution in [0, 0.1) is 6.92 Å². The summed E-state index contributed by atoms with van der Waals surface area (Å²) in [5, 5.41) is 14.8. The lowest BCUT2D eigenvalue weighted by atomic mass is 10.1. The molecule has 1 aromatic carbocycles. The molecule has 1 aromatic rings. The Morgan fingerprint density at radius 3 is 2.57 bits per heavy atom. The molecule has 1 saturated heterocycles. The van der Waals surface area contributed by atoms with Crippen molar-refractivity contribution >= 4 is 29.1 Å². The number of hydrogen-bond acceptors (Lipinski definition) is 7. The predicted octanol–water partition coefficient (Wildman–Crippen LogP) is 1.38. The van der Waals surface area contributed by atoms with E-state index in [4.69, 9.17) is 14.6 Å². The van der Waals surface area contributed by atoms with Gasteiger partial charge in [0.25, 0.3) is 5.91 Å². The zero-order chi connectivity index (χ0) is 22.2. The lowest BCUT2D eigenvalue weighted by Crippen LogP contribution is -2.55. The molecule has 30 heavy (non-hydrogen) atoms. The van der Waals surface area contributed by atoms with Gasteiger partial charge in [-0.15, -0.1) is 0 Å². The molecule has 1 fully saturated rings. The van der Waals surface area contributed by atoms with Crippen molar-refractivity contribution in [3.8, 4) is 5.75 Å². The fourth-order valence-electron chi connectivity index (χ4n) is 3.34. The number of hydrazone groups is 1. The normalized spacial score (nSPS) is 21.0. The maximum atomic E-state index is 12.0. The Labute approximate surface area is 170 Å². The number of nitrogens with one attached hydrogen (secondary N) is 2. The number of carboxylic acids is 1. The number of carbonyl (C=O) groups excluding carboxylic acids is 1. The molecule has 1 unspecified atom stereocenters. The van der Waals surface area contributed by atoms with E-state index in [0.29, 0.717) is 12.6 Å². The second-order valence-electron chi connectivity index (χ2n) is 7.34. The molecule has 0 aromatic heterocycles. The van der Waals surface area contributed by atoms with Gasteiger partial charge in [-0.3, -0.25) is 4.79 Å². The Kier molecular flexibility index (Phi) is 5.79. The molecule has 12 heteroatoms. The summed E-state index contributed by atoms with van der Waals surface area (Å²) in [6.07, 6.45) is -5.08. The summed E-state index contributed by atoms with van der Waals surface area (Å²) in [4.78, 5) is 25.1. The monoisotopic (exact) mass is 429 g/mol. The van der Waals surface area contributed by atoms with Crippen LogP contribution in [0.3, 0.4) is 0 Å². The highest BCUT2D eigenvalue weighted by Crippen LogP contribution is 2.39. The molecular weight excluding hydrogens is 407 g/mol. The Bertz CT molecular complexity index is 883. The van der Waals surface area contributed by atoms with Crippen molar-refractivity contribution in [2.75, 3.05) is 37.0 Å². The van der Waals surface area contributed by atoms with E-state index in [1.807, 2.05) is 17.9 Å². The molecule has 3 heterocycles. The zero-order valence-corrected chi connectivity index (χ0v) is 16.6. The summed E-state index contributed by atoms with van der Waals surface area (Å²) < 4.78 is 37.6. The summed E-state index contributed by atoms with van der Waals surface area (Å²) in [6, 6.07) is 4.29. The fraction of sp³-hybridized carbons (Fsp3) is 0.500. The second-order valence-corrected chi connectivity index (χ2v) is 7.34. The number of halogens is 3. The van der Waals surface area contributed by atoms with Crippen LogP contribution in [-0.2, 0) is 9.59 Å². The number of amides is 1. The molecule has 4 rings (SSSR count). The quantitative estimate of drug-likeness (QED) is 0.652. The molecule has 1 atom stereocenters. The number of rotatable bonds is 2. The molecule has 9 nitrogen and oxygen atoms in total. The predicted molar refractivity (Wildman–Crippen MR) is 103 cm³/mol. The number of anilines is 2. The van der Waals surface area contributed by atoms with E-state index in [2.05, 4.69) is 40.8 Å². The maximum Gasteiger partial charge on any atom is 0.490 e. The van der Waals surface area contributed by atoms with Crippen LogP contribution in [0.25, 0.3) is 0 Å². The molecule has 3 aliphatic heterocycles. The number of likely N-dealkylation sites (tertiary alicyclic amines) is 1. The number of ether oxygens (including phenoxy) is 1. The summed E-state index contributed by atoms with van der Waals surface area (Å²) in [6.45, 7) is 6.42. The van der Waals surface area contributed by atoms with Crippen molar-refractivity contribution in [3.05, 3.63) is 17.7 Å². The largest absolute Gasteiger partial charge is 0.490 e. The van der Waals surface area contributed by atoms with Crippen LogP contribution in [-0.4, -0.2) is 72.7 Å². The van der Waals surface area contributed by atoms with Gasteiger partial charge in [-0.25, -0.2) is 10.2 Å². The van der Waals surface area contributed by atoms with Crippen LogP contribution in [0.4, 0.5) is 24.5 Å². The van der Waals surface area contributed by atoms with E-state index in [1.54, 1.807) is 0 Å². The molecule has 1 amide bonds. The number of aliphatic carboxylic acids is 1. The number of benzene rings is 1. The molecule has 0 bridgehead atoms. The van der Waals surface area contributed by atoms with Crippen LogP contribution < -0.4 is 20.4 Å². The van der Waals surface area contributed by atoms with E-state index in [-0.39, 0.29) is 11.9 Å². The van der Waals surface area contributed by atoms with Gasteiger partial charge in [0.1, 0.15) is 18.4 Å². The standard InChI is InChI=1S/C16H21N5O2.C2HF3O2/c1-9-4-14-13(5-12(9)17-11-6-20(3)7-11)21-10(2)16(22)19-18-15(21)8-23-14;3-2(4,5)1(6)7/h4-5,10-11,17H,6-8H2,1-3H3,(H,19,22);(H,6,7). The first-order chi connectivity index (χ1) is 14.0. The molecule has 0 radical (unpaired) electrons. The number of fused-ring (bicyclic) bond motifs is 3. The molecule has 164 valence electrons. The molecule has 3 N–H and O–H groups in total. The van der Waals surface area contributed by atoms with E-state index >= 15 is 0 Å². The second kappa shape index (κ2) is 8.01. The van der Waals surface area contributed by atoms with Crippen LogP contribution in [0.2, 0.25) is 0 Å². The first-order valence-corrected chi connectivity index (χ1v) is 9.15. The minimum atomic E-state index is -5.08. The Morgan fingerprint density at radius 2 is 2.00 bits per heavy atom. The number of amidine groups is 1. The minimum absolute atomic E-state index is 0.0997. The topological polar surface area (TPSA) is 107 Å². The zero-order valence-electron chi connectivity index (χ0n) is 16.6. The van der Waals surface area contributed by atoms with Crippen molar-refractivity contribution < 1.29 is 32.6 Å². The van der Waals surface area contributed by atoms with Crippen molar-refractivity contribution in [2.45, 2.75) is 32.1 Å². The number of alkyl halides is 3. The molecule has 0 spiro atoms. The van der Waals surface area contributed by atoms with Gasteiger partial charge in [-0.05, 0) is 38.6 Å². The van der Waals surface area contributed by atoms with Gasteiger partial charge in [0.15, 0.2) is 5.84 Å². The van der Waals surface area contributed by atoms with Gasteiger partial charge in [-0.1, -0.05) is 0 Å². The average Bonchev–Trinajstić information content (AvgIpc) is 2.63. The number of aryl methyl sites for hydroxylation is 1. The Balaban J connectivity index is 0.000000318. The average molecular weight is 429 g/mol. The van der Waals surface area contributed by atoms with Crippen LogP contribution >= 0.6 is 0 Å². The van der Waals surface area contributed by atoms with Gasteiger partial charge in [0, 0.05) is 18.8 Å². The highest BCUT2D eigenvalue weighted by Gasteiger charge is 2.38. The lowest BCUT2D eigenvalue weighted by Gasteiger charge is -2.40. The van der Waals surface area contributed by atoms with Crippen LogP contribution in [0.15, 0.2) is 17.2 Å². The van der Waals surface area contributed by atoms with Gasteiger partial charge < -0.3 is 25.0 Å². The number of likely N-dealkylation sites (N-methyl/N-ethyl adjacent to an activating group) is 1. The number of nitrogens with zero attached hydrogens (tertiary/aromatic N) is 3. The van der Waals surface area contributed by atoms with Crippen molar-refractivity contribution in [1.82, 2.24) is 10.3 Å². The smallest absolute Gasteiger partial charge is 0.483 e. The first kappa shape index (κ1) is 21.7. The minimum Gasteiger partial charge on any atom is -0.483 e. The third-order valence-electron chi connectivity index (χ3n) is 4.93. The number of hydrogen-bond donors (Lipinski definition) is 3. The number of carbonyl (C=O) groups is 2. The van der Waals surface area contributed by atoms with Gasteiger partial charge in [0.2, 0.25) is 0 Å². The summed E-state index contributed by atoms with van der Waals surface area (Å²) in [7, 11) is 2.11.